The van der Waals surface area contributed by atoms with Gasteiger partial charge in [0.1, 0.15) is 0 Å². The van der Waals surface area contributed by atoms with Crippen LogP contribution in [-0.4, -0.2) is 38.6 Å². The van der Waals surface area contributed by atoms with Crippen LogP contribution in [0.15, 0.2) is 17.5 Å². The molecule has 2 rings (SSSR count). The first kappa shape index (κ1) is 15.9. The van der Waals surface area contributed by atoms with Gasteiger partial charge in [-0.15, -0.1) is 11.3 Å². The molecule has 114 valence electrons. The molecule has 1 heterocycles. The first-order valence-electron chi connectivity index (χ1n) is 7.24. The lowest BCUT2D eigenvalue weighted by molar-refractivity contribution is 0.404. The van der Waals surface area contributed by atoms with Gasteiger partial charge in [0, 0.05) is 24.0 Å². The van der Waals surface area contributed by atoms with Gasteiger partial charge in [-0.2, -0.15) is 0 Å². The zero-order chi connectivity index (χ0) is 14.6. The summed E-state index contributed by atoms with van der Waals surface area (Å²) in [6, 6.07) is 4.75. The molecule has 1 aliphatic rings. The van der Waals surface area contributed by atoms with Gasteiger partial charge in [-0.3, -0.25) is 0 Å². The zero-order valence-corrected chi connectivity index (χ0v) is 13.8. The smallest absolute Gasteiger partial charge is 0.211 e. The van der Waals surface area contributed by atoms with Crippen LogP contribution in [0.25, 0.3) is 0 Å². The summed E-state index contributed by atoms with van der Waals surface area (Å²) in [4.78, 5) is 1.41. The van der Waals surface area contributed by atoms with Gasteiger partial charge in [0.15, 0.2) is 0 Å². The fraction of sp³-hybridized carbons (Fsp3) is 0.714. The SMILES string of the molecule is CCN(CCCNC(c1cccs1)C1CC1)S(C)(=O)=O. The predicted octanol–water partition coefficient (Wildman–Crippen LogP) is 2.46. The Balaban J connectivity index is 1.77. The summed E-state index contributed by atoms with van der Waals surface area (Å²) >= 11 is 1.80. The quantitative estimate of drug-likeness (QED) is 0.712. The van der Waals surface area contributed by atoms with E-state index in [0.29, 0.717) is 19.1 Å². The van der Waals surface area contributed by atoms with Gasteiger partial charge in [-0.05, 0) is 43.2 Å². The van der Waals surface area contributed by atoms with E-state index in [9.17, 15) is 8.42 Å². The highest BCUT2D eigenvalue weighted by Crippen LogP contribution is 2.42. The van der Waals surface area contributed by atoms with Crippen molar-refractivity contribution >= 4 is 21.4 Å². The van der Waals surface area contributed by atoms with Crippen LogP contribution in [-0.2, 0) is 10.0 Å². The average Bonchev–Trinajstić information content (AvgIpc) is 3.07. The van der Waals surface area contributed by atoms with Gasteiger partial charge in [0.2, 0.25) is 10.0 Å². The average molecular weight is 316 g/mol. The molecule has 1 atom stereocenters. The Bertz CT molecular complexity index is 495. The number of nitrogens with zero attached hydrogens (tertiary/aromatic N) is 1. The van der Waals surface area contributed by atoms with Crippen LogP contribution in [0.4, 0.5) is 0 Å². The summed E-state index contributed by atoms with van der Waals surface area (Å²) in [5.41, 5.74) is 0. The van der Waals surface area contributed by atoms with Gasteiger partial charge in [-0.25, -0.2) is 12.7 Å². The van der Waals surface area contributed by atoms with Gasteiger partial charge < -0.3 is 5.32 Å². The van der Waals surface area contributed by atoms with Gasteiger partial charge in [-0.1, -0.05) is 13.0 Å². The third-order valence-corrected chi connectivity index (χ3v) is 6.05. The van der Waals surface area contributed by atoms with E-state index in [1.807, 2.05) is 6.92 Å². The molecule has 6 heteroatoms. The molecule has 0 saturated heterocycles. The molecule has 0 radical (unpaired) electrons. The molecule has 1 aromatic rings. The van der Waals surface area contributed by atoms with Crippen molar-refractivity contribution in [3.05, 3.63) is 22.4 Å². The van der Waals surface area contributed by atoms with Crippen LogP contribution in [0, 0.1) is 5.92 Å². The van der Waals surface area contributed by atoms with Crippen molar-refractivity contribution < 1.29 is 8.42 Å². The lowest BCUT2D eigenvalue weighted by atomic mass is 10.1. The zero-order valence-electron chi connectivity index (χ0n) is 12.2. The fourth-order valence-electron chi connectivity index (χ4n) is 2.47. The van der Waals surface area contributed by atoms with E-state index in [4.69, 9.17) is 0 Å². The van der Waals surface area contributed by atoms with Crippen LogP contribution < -0.4 is 5.32 Å². The number of rotatable bonds is 9. The lowest BCUT2D eigenvalue weighted by Gasteiger charge is -2.20. The minimum Gasteiger partial charge on any atom is -0.309 e. The highest BCUT2D eigenvalue weighted by atomic mass is 32.2. The monoisotopic (exact) mass is 316 g/mol. The van der Waals surface area contributed by atoms with Crippen LogP contribution in [0.2, 0.25) is 0 Å². The molecule has 0 spiro atoms. The van der Waals surface area contributed by atoms with E-state index in [1.54, 1.807) is 11.3 Å². The maximum Gasteiger partial charge on any atom is 0.211 e. The van der Waals surface area contributed by atoms with E-state index in [0.717, 1.165) is 18.9 Å². The molecule has 20 heavy (non-hydrogen) atoms. The second-order valence-corrected chi connectivity index (χ2v) is 8.35. The van der Waals surface area contributed by atoms with Crippen molar-refractivity contribution in [3.63, 3.8) is 0 Å². The van der Waals surface area contributed by atoms with Crippen molar-refractivity contribution in [2.24, 2.45) is 5.92 Å². The summed E-state index contributed by atoms with van der Waals surface area (Å²) in [5.74, 6) is 0.769. The molecule has 1 fully saturated rings. The third kappa shape index (κ3) is 4.55. The lowest BCUT2D eigenvalue weighted by Crippen LogP contribution is -2.33. The minimum absolute atomic E-state index is 0.461. The maximum absolute atomic E-state index is 11.5. The Morgan fingerprint density at radius 1 is 1.50 bits per heavy atom. The molecular formula is C14H24N2O2S2. The summed E-state index contributed by atoms with van der Waals surface area (Å²) in [5, 5.41) is 5.72. The first-order chi connectivity index (χ1) is 9.52. The maximum atomic E-state index is 11.5. The molecule has 1 unspecified atom stereocenters. The van der Waals surface area contributed by atoms with Crippen molar-refractivity contribution in [2.75, 3.05) is 25.9 Å². The summed E-state index contributed by atoms with van der Waals surface area (Å²) in [6.45, 7) is 3.90. The van der Waals surface area contributed by atoms with Gasteiger partial charge >= 0.3 is 0 Å². The molecule has 1 N–H and O–H groups in total. The van der Waals surface area contributed by atoms with Crippen molar-refractivity contribution in [3.8, 4) is 0 Å². The van der Waals surface area contributed by atoms with Crippen LogP contribution in [0.3, 0.4) is 0 Å². The summed E-state index contributed by atoms with van der Waals surface area (Å²) in [7, 11) is -3.06. The molecule has 0 aliphatic heterocycles. The molecule has 0 aromatic carbocycles. The Hall–Kier alpha value is -0.430. The predicted molar refractivity (Wildman–Crippen MR) is 84.5 cm³/mol. The van der Waals surface area contributed by atoms with Gasteiger partial charge in [0.05, 0.1) is 6.26 Å². The van der Waals surface area contributed by atoms with Crippen LogP contribution in [0.1, 0.15) is 37.1 Å². The first-order valence-corrected chi connectivity index (χ1v) is 9.97. The van der Waals surface area contributed by atoms with E-state index < -0.39 is 10.0 Å². The number of hydrogen-bond donors (Lipinski definition) is 1. The standard InChI is InChI=1S/C14H24N2O2S2/c1-3-16(20(2,17)18)10-5-9-15-14(12-7-8-12)13-6-4-11-19-13/h4,6,11-12,14-15H,3,5,7-10H2,1-2H3. The highest BCUT2D eigenvalue weighted by molar-refractivity contribution is 7.88. The van der Waals surface area contributed by atoms with E-state index in [2.05, 4.69) is 22.8 Å². The Morgan fingerprint density at radius 3 is 2.75 bits per heavy atom. The van der Waals surface area contributed by atoms with Crippen molar-refractivity contribution in [1.82, 2.24) is 9.62 Å². The second kappa shape index (κ2) is 7.02. The van der Waals surface area contributed by atoms with Crippen molar-refractivity contribution in [2.45, 2.75) is 32.2 Å². The highest BCUT2D eigenvalue weighted by Gasteiger charge is 2.32. The topological polar surface area (TPSA) is 49.4 Å². The number of thiophene rings is 1. The molecule has 4 nitrogen and oxygen atoms in total. The fourth-order valence-corrected chi connectivity index (χ4v) is 4.29. The second-order valence-electron chi connectivity index (χ2n) is 5.39. The van der Waals surface area contributed by atoms with Crippen LogP contribution in [0.5, 0.6) is 0 Å². The third-order valence-electron chi connectivity index (χ3n) is 3.71. The number of nitrogens with one attached hydrogen (secondary N) is 1. The molecule has 1 aromatic heterocycles. The van der Waals surface area contributed by atoms with Crippen LogP contribution >= 0.6 is 11.3 Å². The minimum atomic E-state index is -3.06. The van der Waals surface area contributed by atoms with Crippen molar-refractivity contribution in [1.29, 1.82) is 0 Å². The Kier molecular flexibility index (Phi) is 5.60. The van der Waals surface area contributed by atoms with E-state index in [1.165, 1.54) is 28.3 Å². The van der Waals surface area contributed by atoms with E-state index >= 15 is 0 Å². The summed E-state index contributed by atoms with van der Waals surface area (Å²) in [6.07, 6.45) is 4.75. The van der Waals surface area contributed by atoms with E-state index in [-0.39, 0.29) is 0 Å². The number of sulfonamides is 1. The molecule has 1 saturated carbocycles. The Labute approximate surface area is 126 Å². The molecular weight excluding hydrogens is 292 g/mol. The van der Waals surface area contributed by atoms with Gasteiger partial charge in [0.25, 0.3) is 0 Å². The summed E-state index contributed by atoms with van der Waals surface area (Å²) < 4.78 is 24.5. The molecule has 1 aliphatic carbocycles. The molecule has 0 bridgehead atoms. The number of hydrogen-bond acceptors (Lipinski definition) is 4. The normalized spacial score (nSPS) is 17.6. The Morgan fingerprint density at radius 2 is 2.25 bits per heavy atom. The molecule has 0 amide bonds. The largest absolute Gasteiger partial charge is 0.309 e.